The quantitative estimate of drug-likeness (QED) is 0.383. The molecule has 0 radical (unpaired) electrons. The van der Waals surface area contributed by atoms with Gasteiger partial charge in [0.2, 0.25) is 0 Å². The standard InChI is InChI=1S/C17H25BrO5/c1-6-21-10-9-12-7-8-13(18)15(22-11-20-5)14(12)16(19)23-17(2,3)4/h7-8H,6,9-11H2,1-5H3. The maximum absolute atomic E-state index is 12.6. The number of ether oxygens (including phenoxy) is 4. The first kappa shape index (κ1) is 19.9. The maximum atomic E-state index is 12.6. The fourth-order valence-electron chi connectivity index (χ4n) is 1.94. The summed E-state index contributed by atoms with van der Waals surface area (Å²) in [6.45, 7) is 8.63. The van der Waals surface area contributed by atoms with Crippen LogP contribution in [0.1, 0.15) is 43.6 Å². The van der Waals surface area contributed by atoms with Gasteiger partial charge in [0.05, 0.1) is 11.1 Å². The monoisotopic (exact) mass is 388 g/mol. The summed E-state index contributed by atoms with van der Waals surface area (Å²) in [5, 5.41) is 0. The second-order valence-corrected chi connectivity index (χ2v) is 6.76. The Morgan fingerprint density at radius 1 is 1.26 bits per heavy atom. The Bertz CT molecular complexity index is 522. The zero-order chi connectivity index (χ0) is 17.5. The van der Waals surface area contributed by atoms with Gasteiger partial charge in [-0.2, -0.15) is 0 Å². The Morgan fingerprint density at radius 3 is 2.52 bits per heavy atom. The zero-order valence-electron chi connectivity index (χ0n) is 14.4. The number of methoxy groups -OCH3 is 1. The van der Waals surface area contributed by atoms with Crippen molar-refractivity contribution in [3.63, 3.8) is 0 Å². The molecule has 0 saturated heterocycles. The molecule has 0 aliphatic heterocycles. The van der Waals surface area contributed by atoms with Gasteiger partial charge >= 0.3 is 5.97 Å². The first-order chi connectivity index (χ1) is 10.8. The predicted molar refractivity (Wildman–Crippen MR) is 92.0 cm³/mol. The van der Waals surface area contributed by atoms with E-state index in [2.05, 4.69) is 15.9 Å². The molecule has 0 aliphatic carbocycles. The van der Waals surface area contributed by atoms with E-state index in [0.717, 1.165) is 5.56 Å². The Hall–Kier alpha value is -1.11. The number of halogens is 1. The highest BCUT2D eigenvalue weighted by Gasteiger charge is 2.25. The summed E-state index contributed by atoms with van der Waals surface area (Å²) in [6, 6.07) is 3.72. The van der Waals surface area contributed by atoms with E-state index in [1.165, 1.54) is 7.11 Å². The zero-order valence-corrected chi connectivity index (χ0v) is 16.0. The van der Waals surface area contributed by atoms with Crippen LogP contribution < -0.4 is 4.74 Å². The fourth-order valence-corrected chi connectivity index (χ4v) is 2.39. The van der Waals surface area contributed by atoms with Crippen LogP contribution in [-0.2, 0) is 20.6 Å². The van der Waals surface area contributed by atoms with Crippen LogP contribution in [0, 0.1) is 0 Å². The van der Waals surface area contributed by atoms with Gasteiger partial charge in [-0.1, -0.05) is 6.07 Å². The molecule has 1 aromatic rings. The van der Waals surface area contributed by atoms with Crippen molar-refractivity contribution in [2.24, 2.45) is 0 Å². The van der Waals surface area contributed by atoms with E-state index in [1.807, 2.05) is 39.8 Å². The number of carbonyl (C=O) groups excluding carboxylic acids is 1. The summed E-state index contributed by atoms with van der Waals surface area (Å²) in [5.74, 6) is 0.00602. The Labute approximate surface area is 146 Å². The van der Waals surface area contributed by atoms with E-state index in [9.17, 15) is 4.79 Å². The largest absolute Gasteiger partial charge is 0.465 e. The van der Waals surface area contributed by atoms with Crippen molar-refractivity contribution < 1.29 is 23.7 Å². The third-order valence-corrected chi connectivity index (χ3v) is 3.46. The fraction of sp³-hybridized carbons (Fsp3) is 0.588. The third-order valence-electron chi connectivity index (χ3n) is 2.84. The molecule has 0 amide bonds. The molecule has 0 spiro atoms. The Morgan fingerprint density at radius 2 is 1.96 bits per heavy atom. The minimum Gasteiger partial charge on any atom is -0.465 e. The van der Waals surface area contributed by atoms with Gasteiger partial charge in [-0.3, -0.25) is 0 Å². The van der Waals surface area contributed by atoms with Crippen LogP contribution in [0.4, 0.5) is 0 Å². The third kappa shape index (κ3) is 6.49. The van der Waals surface area contributed by atoms with Crippen LogP contribution in [0.2, 0.25) is 0 Å². The van der Waals surface area contributed by atoms with Crippen LogP contribution in [0.5, 0.6) is 5.75 Å². The van der Waals surface area contributed by atoms with E-state index >= 15 is 0 Å². The van der Waals surface area contributed by atoms with Gasteiger partial charge in [0.25, 0.3) is 0 Å². The van der Waals surface area contributed by atoms with Crippen molar-refractivity contribution in [2.45, 2.75) is 39.7 Å². The van der Waals surface area contributed by atoms with Crippen LogP contribution in [-0.4, -0.2) is 38.7 Å². The molecular weight excluding hydrogens is 364 g/mol. The number of rotatable bonds is 8. The molecule has 0 saturated carbocycles. The van der Waals surface area contributed by atoms with Crippen molar-refractivity contribution in [3.05, 3.63) is 27.7 Å². The Balaban J connectivity index is 3.20. The molecule has 6 heteroatoms. The lowest BCUT2D eigenvalue weighted by atomic mass is 10.0. The van der Waals surface area contributed by atoms with Crippen LogP contribution in [0.15, 0.2) is 16.6 Å². The summed E-state index contributed by atoms with van der Waals surface area (Å²) in [7, 11) is 1.53. The molecule has 23 heavy (non-hydrogen) atoms. The average Bonchev–Trinajstić information content (AvgIpc) is 2.45. The SMILES string of the molecule is CCOCCc1ccc(Br)c(OCOC)c1C(=O)OC(C)(C)C. The first-order valence-electron chi connectivity index (χ1n) is 7.54. The lowest BCUT2D eigenvalue weighted by molar-refractivity contribution is 0.00533. The highest BCUT2D eigenvalue weighted by atomic mass is 79.9. The molecule has 0 bridgehead atoms. The first-order valence-corrected chi connectivity index (χ1v) is 8.33. The van der Waals surface area contributed by atoms with Gasteiger partial charge in [0.1, 0.15) is 11.2 Å². The highest BCUT2D eigenvalue weighted by molar-refractivity contribution is 9.10. The molecule has 1 rings (SSSR count). The molecule has 0 fully saturated rings. The minimum atomic E-state index is -0.588. The summed E-state index contributed by atoms with van der Waals surface area (Å²) in [6.07, 6.45) is 0.596. The average molecular weight is 389 g/mol. The highest BCUT2D eigenvalue weighted by Crippen LogP contribution is 2.33. The number of hydrogen-bond donors (Lipinski definition) is 0. The van der Waals surface area contributed by atoms with Crippen LogP contribution >= 0.6 is 15.9 Å². The van der Waals surface area contributed by atoms with Crippen molar-refractivity contribution in [1.29, 1.82) is 0 Å². The molecule has 0 unspecified atom stereocenters. The van der Waals surface area contributed by atoms with Gasteiger partial charge in [-0.05, 0) is 61.7 Å². The smallest absolute Gasteiger partial charge is 0.342 e. The van der Waals surface area contributed by atoms with Crippen molar-refractivity contribution >= 4 is 21.9 Å². The predicted octanol–water partition coefficient (Wildman–Crippen LogP) is 3.97. The number of esters is 1. The van der Waals surface area contributed by atoms with Crippen molar-refractivity contribution in [3.8, 4) is 5.75 Å². The minimum absolute atomic E-state index is 0.0450. The Kier molecular flexibility index (Phi) is 8.02. The lowest BCUT2D eigenvalue weighted by Gasteiger charge is -2.22. The number of carbonyl (C=O) groups is 1. The van der Waals surface area contributed by atoms with E-state index < -0.39 is 11.6 Å². The molecule has 0 atom stereocenters. The van der Waals surface area contributed by atoms with Gasteiger partial charge in [0, 0.05) is 13.7 Å². The van der Waals surface area contributed by atoms with E-state index in [-0.39, 0.29) is 6.79 Å². The van der Waals surface area contributed by atoms with Crippen LogP contribution in [0.3, 0.4) is 0 Å². The van der Waals surface area contributed by atoms with E-state index in [1.54, 1.807) is 0 Å². The molecule has 1 aromatic carbocycles. The maximum Gasteiger partial charge on any atom is 0.342 e. The van der Waals surface area contributed by atoms with Gasteiger partial charge in [-0.15, -0.1) is 0 Å². The van der Waals surface area contributed by atoms with Crippen LogP contribution in [0.25, 0.3) is 0 Å². The number of hydrogen-bond acceptors (Lipinski definition) is 5. The van der Waals surface area contributed by atoms with Gasteiger partial charge < -0.3 is 18.9 Å². The normalized spacial score (nSPS) is 11.4. The summed E-state index contributed by atoms with van der Waals surface area (Å²) in [5.41, 5.74) is 0.642. The summed E-state index contributed by atoms with van der Waals surface area (Å²) >= 11 is 3.42. The second-order valence-electron chi connectivity index (χ2n) is 5.91. The molecule has 0 aromatic heterocycles. The molecule has 0 N–H and O–H groups in total. The summed E-state index contributed by atoms with van der Waals surface area (Å²) < 4.78 is 22.1. The van der Waals surface area contributed by atoms with Crippen molar-refractivity contribution in [1.82, 2.24) is 0 Å². The van der Waals surface area contributed by atoms with E-state index in [0.29, 0.717) is 35.4 Å². The van der Waals surface area contributed by atoms with Gasteiger partial charge in [-0.25, -0.2) is 4.79 Å². The second kappa shape index (κ2) is 9.25. The topological polar surface area (TPSA) is 54.0 Å². The molecule has 0 heterocycles. The molecular formula is C17H25BrO5. The van der Waals surface area contributed by atoms with Crippen molar-refractivity contribution in [2.75, 3.05) is 27.1 Å². The van der Waals surface area contributed by atoms with E-state index in [4.69, 9.17) is 18.9 Å². The molecule has 130 valence electrons. The van der Waals surface area contributed by atoms with Gasteiger partial charge in [0.15, 0.2) is 12.5 Å². The summed E-state index contributed by atoms with van der Waals surface area (Å²) in [4.78, 5) is 12.6. The molecule has 0 aliphatic rings. The number of benzene rings is 1. The lowest BCUT2D eigenvalue weighted by Crippen LogP contribution is -2.25. The molecule has 5 nitrogen and oxygen atoms in total.